The van der Waals surface area contributed by atoms with E-state index in [-0.39, 0.29) is 23.7 Å². The van der Waals surface area contributed by atoms with Crippen molar-refractivity contribution in [3.05, 3.63) is 28.3 Å². The lowest BCUT2D eigenvalue weighted by Crippen LogP contribution is -2.35. The Kier molecular flexibility index (Phi) is 6.03. The summed E-state index contributed by atoms with van der Waals surface area (Å²) >= 11 is 0. The van der Waals surface area contributed by atoms with Crippen LogP contribution in [-0.2, 0) is 10.0 Å². The highest BCUT2D eigenvalue weighted by Gasteiger charge is 2.27. The van der Waals surface area contributed by atoms with Crippen LogP contribution < -0.4 is 4.74 Å². The molecule has 9 nitrogen and oxygen atoms in total. The molecule has 0 aliphatic rings. The van der Waals surface area contributed by atoms with Gasteiger partial charge in [0.05, 0.1) is 30.1 Å². The fraction of sp³-hybridized carbons (Fsp3) is 0.455. The second-order valence-corrected chi connectivity index (χ2v) is 5.88. The van der Waals surface area contributed by atoms with Crippen LogP contribution in [-0.4, -0.2) is 61.3 Å². The third kappa shape index (κ3) is 3.88. The Bertz CT molecular complexity index is 597. The number of nitro benzene ring substituents is 1. The molecule has 0 fully saturated rings. The average molecular weight is 320 g/mol. The van der Waals surface area contributed by atoms with Crippen molar-refractivity contribution in [3.63, 3.8) is 0 Å². The van der Waals surface area contributed by atoms with Crippen molar-refractivity contribution in [1.82, 2.24) is 4.31 Å². The van der Waals surface area contributed by atoms with E-state index in [1.807, 2.05) is 0 Å². The van der Waals surface area contributed by atoms with E-state index in [0.717, 1.165) is 10.4 Å². The summed E-state index contributed by atoms with van der Waals surface area (Å²) in [5.41, 5.74) is -0.480. The van der Waals surface area contributed by atoms with E-state index in [4.69, 9.17) is 14.9 Å². The molecule has 21 heavy (non-hydrogen) atoms. The van der Waals surface area contributed by atoms with Crippen molar-refractivity contribution in [1.29, 1.82) is 0 Å². The third-order valence-electron chi connectivity index (χ3n) is 2.68. The number of benzene rings is 1. The number of ether oxygens (including phenoxy) is 1. The van der Waals surface area contributed by atoms with E-state index in [0.29, 0.717) is 0 Å². The van der Waals surface area contributed by atoms with Gasteiger partial charge >= 0.3 is 5.69 Å². The Hall–Kier alpha value is -1.75. The highest BCUT2D eigenvalue weighted by Crippen LogP contribution is 2.30. The van der Waals surface area contributed by atoms with E-state index in [9.17, 15) is 18.5 Å². The summed E-state index contributed by atoms with van der Waals surface area (Å²) < 4.78 is 30.3. The van der Waals surface area contributed by atoms with Gasteiger partial charge in [0.1, 0.15) is 0 Å². The van der Waals surface area contributed by atoms with Gasteiger partial charge in [0.2, 0.25) is 10.0 Å². The Balaban J connectivity index is 3.30. The third-order valence-corrected chi connectivity index (χ3v) is 4.58. The predicted molar refractivity (Wildman–Crippen MR) is 72.6 cm³/mol. The van der Waals surface area contributed by atoms with Gasteiger partial charge in [-0.25, -0.2) is 8.42 Å². The van der Waals surface area contributed by atoms with Crippen molar-refractivity contribution in [3.8, 4) is 5.75 Å². The zero-order valence-electron chi connectivity index (χ0n) is 11.3. The molecule has 0 bridgehead atoms. The minimum atomic E-state index is -4.05. The lowest BCUT2D eigenvalue weighted by Gasteiger charge is -2.20. The molecule has 0 saturated heterocycles. The summed E-state index contributed by atoms with van der Waals surface area (Å²) in [4.78, 5) is 9.86. The standard InChI is InChI=1S/C11H16N2O7S/c1-20-11-3-2-9(8-10(11)13(16)17)21(18,19)12(4-6-14)5-7-15/h2-3,8,14-15H,4-7H2,1H3. The number of sulfonamides is 1. The maximum Gasteiger partial charge on any atom is 0.312 e. The first kappa shape index (κ1) is 17.3. The zero-order valence-corrected chi connectivity index (χ0v) is 12.1. The highest BCUT2D eigenvalue weighted by atomic mass is 32.2. The number of hydrogen-bond donors (Lipinski definition) is 2. The lowest BCUT2D eigenvalue weighted by molar-refractivity contribution is -0.386. The molecular weight excluding hydrogens is 304 g/mol. The Morgan fingerprint density at radius 2 is 1.86 bits per heavy atom. The summed E-state index contributed by atoms with van der Waals surface area (Å²) in [7, 11) is -2.82. The first-order valence-corrected chi connectivity index (χ1v) is 7.36. The van der Waals surface area contributed by atoms with E-state index in [1.54, 1.807) is 0 Å². The minimum Gasteiger partial charge on any atom is -0.490 e. The number of nitro groups is 1. The molecule has 0 aliphatic heterocycles. The topological polar surface area (TPSA) is 130 Å². The van der Waals surface area contributed by atoms with Gasteiger partial charge in [-0.3, -0.25) is 10.1 Å². The monoisotopic (exact) mass is 320 g/mol. The fourth-order valence-corrected chi connectivity index (χ4v) is 3.14. The Labute approximate surface area is 121 Å². The van der Waals surface area contributed by atoms with Crippen molar-refractivity contribution < 1.29 is 28.3 Å². The van der Waals surface area contributed by atoms with Crippen LogP contribution in [0.25, 0.3) is 0 Å². The van der Waals surface area contributed by atoms with Crippen LogP contribution in [0.15, 0.2) is 23.1 Å². The van der Waals surface area contributed by atoms with Crippen LogP contribution in [0.1, 0.15) is 0 Å². The van der Waals surface area contributed by atoms with Crippen molar-refractivity contribution in [2.75, 3.05) is 33.4 Å². The quantitative estimate of drug-likeness (QED) is 0.491. The fourth-order valence-electron chi connectivity index (χ4n) is 1.70. The summed E-state index contributed by atoms with van der Waals surface area (Å²) in [5.74, 6) is -0.0604. The predicted octanol–water partition coefficient (Wildman–Crippen LogP) is -0.421. The normalized spacial score (nSPS) is 11.6. The summed E-state index contributed by atoms with van der Waals surface area (Å²) in [5, 5.41) is 28.7. The van der Waals surface area contributed by atoms with Crippen LogP contribution in [0.3, 0.4) is 0 Å². The van der Waals surface area contributed by atoms with E-state index in [2.05, 4.69) is 0 Å². The number of methoxy groups -OCH3 is 1. The van der Waals surface area contributed by atoms with Crippen molar-refractivity contribution in [2.24, 2.45) is 0 Å². The number of aliphatic hydroxyl groups excluding tert-OH is 2. The van der Waals surface area contributed by atoms with Crippen molar-refractivity contribution >= 4 is 15.7 Å². The van der Waals surface area contributed by atoms with Crippen molar-refractivity contribution in [2.45, 2.75) is 4.90 Å². The first-order valence-electron chi connectivity index (χ1n) is 5.92. The van der Waals surface area contributed by atoms with Gasteiger partial charge in [0.15, 0.2) is 5.75 Å². The van der Waals surface area contributed by atoms with E-state index < -0.39 is 33.8 Å². The first-order chi connectivity index (χ1) is 9.88. The van der Waals surface area contributed by atoms with Gasteiger partial charge in [-0.15, -0.1) is 0 Å². The van der Waals surface area contributed by atoms with Crippen LogP contribution >= 0.6 is 0 Å². The van der Waals surface area contributed by atoms with Gasteiger partial charge in [-0.05, 0) is 12.1 Å². The van der Waals surface area contributed by atoms with Crippen LogP contribution in [0.5, 0.6) is 5.75 Å². The molecule has 2 N–H and O–H groups in total. The van der Waals surface area contributed by atoms with Crippen LogP contribution in [0.2, 0.25) is 0 Å². The molecule has 0 amide bonds. The molecule has 118 valence electrons. The molecule has 1 aromatic rings. The van der Waals surface area contributed by atoms with Gasteiger partial charge < -0.3 is 14.9 Å². The molecule has 0 heterocycles. The minimum absolute atomic E-state index is 0.0604. The molecule has 0 aromatic heterocycles. The Morgan fingerprint density at radius 3 is 2.29 bits per heavy atom. The molecule has 10 heteroatoms. The summed E-state index contributed by atoms with van der Waals surface area (Å²) in [6.07, 6.45) is 0. The van der Waals surface area contributed by atoms with Gasteiger partial charge in [-0.1, -0.05) is 0 Å². The molecule has 0 unspecified atom stereocenters. The van der Waals surface area contributed by atoms with Gasteiger partial charge in [0.25, 0.3) is 0 Å². The number of rotatable bonds is 8. The van der Waals surface area contributed by atoms with E-state index >= 15 is 0 Å². The second-order valence-electron chi connectivity index (χ2n) is 3.94. The highest BCUT2D eigenvalue weighted by molar-refractivity contribution is 7.89. The molecule has 1 aromatic carbocycles. The molecule has 1 rings (SSSR count). The summed E-state index contributed by atoms with van der Waals surface area (Å²) in [6.45, 7) is -1.31. The average Bonchev–Trinajstić information content (AvgIpc) is 2.46. The lowest BCUT2D eigenvalue weighted by atomic mass is 10.3. The SMILES string of the molecule is COc1ccc(S(=O)(=O)N(CCO)CCO)cc1[N+](=O)[O-]. The molecule has 0 saturated carbocycles. The summed E-state index contributed by atoms with van der Waals surface area (Å²) in [6, 6.07) is 3.24. The maximum atomic E-state index is 12.3. The van der Waals surface area contributed by atoms with Crippen LogP contribution in [0, 0.1) is 10.1 Å². The molecule has 0 radical (unpaired) electrons. The van der Waals surface area contributed by atoms with Crippen LogP contribution in [0.4, 0.5) is 5.69 Å². The number of hydrogen-bond acceptors (Lipinski definition) is 7. The number of aliphatic hydroxyl groups is 2. The molecule has 0 aliphatic carbocycles. The molecule has 0 atom stereocenters. The second kappa shape index (κ2) is 7.31. The van der Waals surface area contributed by atoms with Gasteiger partial charge in [0, 0.05) is 19.2 Å². The largest absolute Gasteiger partial charge is 0.490 e. The molecular formula is C11H16N2O7S. The zero-order chi connectivity index (χ0) is 16.0. The smallest absolute Gasteiger partial charge is 0.312 e. The number of nitrogens with zero attached hydrogens (tertiary/aromatic N) is 2. The Morgan fingerprint density at radius 1 is 1.29 bits per heavy atom. The molecule has 0 spiro atoms. The van der Waals surface area contributed by atoms with Gasteiger partial charge in [-0.2, -0.15) is 4.31 Å². The maximum absolute atomic E-state index is 12.3. The van der Waals surface area contributed by atoms with E-state index in [1.165, 1.54) is 19.2 Å².